The predicted octanol–water partition coefficient (Wildman–Crippen LogP) is 0.419. The van der Waals surface area contributed by atoms with Crippen molar-refractivity contribution in [2.45, 2.75) is 6.92 Å². The number of amides is 2. The summed E-state index contributed by atoms with van der Waals surface area (Å²) in [7, 11) is 1.41. The van der Waals surface area contributed by atoms with Crippen LogP contribution in [0.25, 0.3) is 0 Å². The van der Waals surface area contributed by atoms with Crippen molar-refractivity contribution in [1.29, 1.82) is 0 Å². The highest BCUT2D eigenvalue weighted by molar-refractivity contribution is 6.14. The quantitative estimate of drug-likeness (QED) is 0.442. The first kappa shape index (κ1) is 8.52. The van der Waals surface area contributed by atoms with Crippen LogP contribution in [0.15, 0.2) is 24.2 Å². The number of carbonyl (C=O) groups is 2. The van der Waals surface area contributed by atoms with E-state index in [1.807, 2.05) is 0 Å². The van der Waals surface area contributed by atoms with Gasteiger partial charge in [0, 0.05) is 7.05 Å². The molecule has 1 aliphatic heterocycles. The van der Waals surface area contributed by atoms with Gasteiger partial charge in [0.15, 0.2) is 5.76 Å². The van der Waals surface area contributed by atoms with Crippen LogP contribution in [0.3, 0.4) is 0 Å². The van der Waals surface area contributed by atoms with E-state index in [-0.39, 0.29) is 11.7 Å². The minimum Gasteiger partial charge on any atom is -0.459 e. The molecule has 0 atom stereocenters. The summed E-state index contributed by atoms with van der Waals surface area (Å²) in [5.41, 5.74) is 0. The van der Waals surface area contributed by atoms with Gasteiger partial charge < -0.3 is 4.74 Å². The van der Waals surface area contributed by atoms with Gasteiger partial charge in [-0.1, -0.05) is 6.08 Å². The molecule has 0 aromatic carbocycles. The highest BCUT2D eigenvalue weighted by atomic mass is 16.5. The van der Waals surface area contributed by atoms with Gasteiger partial charge in [0.25, 0.3) is 11.8 Å². The van der Waals surface area contributed by atoms with Crippen LogP contribution in [0, 0.1) is 0 Å². The molecule has 1 aliphatic rings. The first-order chi connectivity index (χ1) is 5.66. The Morgan fingerprint density at radius 1 is 1.50 bits per heavy atom. The van der Waals surface area contributed by atoms with E-state index in [1.165, 1.54) is 19.4 Å². The van der Waals surface area contributed by atoms with Crippen LogP contribution in [0.4, 0.5) is 0 Å². The minimum atomic E-state index is -0.405. The van der Waals surface area contributed by atoms with Crippen LogP contribution >= 0.6 is 0 Å². The van der Waals surface area contributed by atoms with Gasteiger partial charge in [-0.25, -0.2) is 0 Å². The Morgan fingerprint density at radius 3 is 2.58 bits per heavy atom. The maximum Gasteiger partial charge on any atom is 0.296 e. The number of hydrogen-bond donors (Lipinski definition) is 0. The SMILES string of the molecule is CC=COC1=CC(=O)N(C)C1=O. The molecule has 1 heterocycles. The molecule has 0 radical (unpaired) electrons. The van der Waals surface area contributed by atoms with E-state index in [0.29, 0.717) is 0 Å². The summed E-state index contributed by atoms with van der Waals surface area (Å²) in [5.74, 6) is -0.682. The summed E-state index contributed by atoms with van der Waals surface area (Å²) >= 11 is 0. The van der Waals surface area contributed by atoms with Crippen LogP contribution < -0.4 is 0 Å². The molecule has 4 nitrogen and oxygen atoms in total. The zero-order valence-corrected chi connectivity index (χ0v) is 6.90. The van der Waals surface area contributed by atoms with Crippen molar-refractivity contribution >= 4 is 11.8 Å². The summed E-state index contributed by atoms with van der Waals surface area (Å²) in [6.07, 6.45) is 4.16. The fourth-order valence-electron chi connectivity index (χ4n) is 0.762. The number of rotatable bonds is 2. The molecule has 0 aliphatic carbocycles. The average Bonchev–Trinajstić information content (AvgIpc) is 2.30. The molecule has 12 heavy (non-hydrogen) atoms. The maximum atomic E-state index is 11.1. The van der Waals surface area contributed by atoms with Crippen molar-refractivity contribution in [3.05, 3.63) is 24.2 Å². The maximum absolute atomic E-state index is 11.1. The number of allylic oxidation sites excluding steroid dienone is 1. The van der Waals surface area contributed by atoms with Crippen molar-refractivity contribution in [3.8, 4) is 0 Å². The van der Waals surface area contributed by atoms with E-state index in [4.69, 9.17) is 4.74 Å². The van der Waals surface area contributed by atoms with Gasteiger partial charge in [0.1, 0.15) is 0 Å². The third-order valence-corrected chi connectivity index (χ3v) is 1.43. The molecule has 0 saturated carbocycles. The van der Waals surface area contributed by atoms with Crippen molar-refractivity contribution in [2.75, 3.05) is 7.05 Å². The van der Waals surface area contributed by atoms with E-state index < -0.39 is 5.91 Å². The van der Waals surface area contributed by atoms with Gasteiger partial charge in [-0.3, -0.25) is 14.5 Å². The number of carbonyl (C=O) groups excluding carboxylic acids is 2. The van der Waals surface area contributed by atoms with E-state index in [2.05, 4.69) is 0 Å². The third kappa shape index (κ3) is 1.37. The summed E-state index contributed by atoms with van der Waals surface area (Å²) in [6, 6.07) is 0. The lowest BCUT2D eigenvalue weighted by Crippen LogP contribution is -2.26. The molecule has 0 unspecified atom stereocenters. The Kier molecular flexibility index (Phi) is 2.28. The third-order valence-electron chi connectivity index (χ3n) is 1.43. The fourth-order valence-corrected chi connectivity index (χ4v) is 0.762. The zero-order valence-electron chi connectivity index (χ0n) is 6.90. The molecule has 0 aromatic heterocycles. The summed E-state index contributed by atoms with van der Waals surface area (Å²) < 4.78 is 4.87. The highest BCUT2D eigenvalue weighted by Crippen LogP contribution is 2.11. The molecule has 0 bridgehead atoms. The molecule has 0 N–H and O–H groups in total. The monoisotopic (exact) mass is 167 g/mol. The zero-order chi connectivity index (χ0) is 9.14. The van der Waals surface area contributed by atoms with Gasteiger partial charge >= 0.3 is 0 Å². The number of hydrogen-bond acceptors (Lipinski definition) is 3. The Balaban J connectivity index is 2.73. The lowest BCUT2D eigenvalue weighted by molar-refractivity contribution is -0.136. The molecule has 0 spiro atoms. The molecule has 0 aromatic rings. The second-order valence-electron chi connectivity index (χ2n) is 2.30. The first-order valence-corrected chi connectivity index (χ1v) is 3.48. The van der Waals surface area contributed by atoms with Crippen molar-refractivity contribution in [1.82, 2.24) is 4.90 Å². The summed E-state index contributed by atoms with van der Waals surface area (Å²) in [5, 5.41) is 0. The van der Waals surface area contributed by atoms with Crippen LogP contribution in [0.5, 0.6) is 0 Å². The predicted molar refractivity (Wildman–Crippen MR) is 41.8 cm³/mol. The van der Waals surface area contributed by atoms with Crippen LogP contribution in [-0.2, 0) is 14.3 Å². The molecule has 0 fully saturated rings. The molecule has 1 rings (SSSR count). The minimum absolute atomic E-state index is 0.0700. The van der Waals surface area contributed by atoms with Crippen molar-refractivity contribution < 1.29 is 14.3 Å². The fraction of sp³-hybridized carbons (Fsp3) is 0.250. The normalized spacial score (nSPS) is 17.5. The van der Waals surface area contributed by atoms with Crippen molar-refractivity contribution in [3.63, 3.8) is 0 Å². The molecule has 64 valence electrons. The van der Waals surface area contributed by atoms with Gasteiger partial charge in [-0.15, -0.1) is 0 Å². The van der Waals surface area contributed by atoms with Crippen LogP contribution in [0.1, 0.15) is 6.92 Å². The average molecular weight is 167 g/mol. The van der Waals surface area contributed by atoms with Gasteiger partial charge in [0.2, 0.25) is 0 Å². The molecule has 0 saturated heterocycles. The van der Waals surface area contributed by atoms with E-state index in [0.717, 1.165) is 4.90 Å². The largest absolute Gasteiger partial charge is 0.459 e. The second kappa shape index (κ2) is 3.21. The summed E-state index contributed by atoms with van der Waals surface area (Å²) in [4.78, 5) is 23.0. The molecule has 2 amide bonds. The lowest BCUT2D eigenvalue weighted by atomic mass is 10.5. The van der Waals surface area contributed by atoms with E-state index in [9.17, 15) is 9.59 Å². The Hall–Kier alpha value is -1.58. The molecular weight excluding hydrogens is 158 g/mol. The Labute approximate surface area is 70.1 Å². The standard InChI is InChI=1S/C8H9NO3/c1-3-4-12-6-5-7(10)9(2)8(6)11/h3-5H,1-2H3. The number of likely N-dealkylation sites (N-methyl/N-ethyl adjacent to an activating group) is 1. The Bertz CT molecular complexity index is 278. The van der Waals surface area contributed by atoms with Gasteiger partial charge in [-0.2, -0.15) is 0 Å². The molecule has 4 heteroatoms. The van der Waals surface area contributed by atoms with Gasteiger partial charge in [0.05, 0.1) is 12.3 Å². The number of imide groups is 1. The Morgan fingerprint density at radius 2 is 2.17 bits per heavy atom. The van der Waals surface area contributed by atoms with Crippen molar-refractivity contribution in [2.24, 2.45) is 0 Å². The summed E-state index contributed by atoms with van der Waals surface area (Å²) in [6.45, 7) is 1.76. The second-order valence-corrected chi connectivity index (χ2v) is 2.30. The topological polar surface area (TPSA) is 46.6 Å². The van der Waals surface area contributed by atoms with Crippen LogP contribution in [-0.4, -0.2) is 23.8 Å². The highest BCUT2D eigenvalue weighted by Gasteiger charge is 2.28. The van der Waals surface area contributed by atoms with Crippen LogP contribution in [0.2, 0.25) is 0 Å². The van der Waals surface area contributed by atoms with E-state index >= 15 is 0 Å². The smallest absolute Gasteiger partial charge is 0.296 e. The number of ether oxygens (including phenoxy) is 1. The van der Waals surface area contributed by atoms with E-state index in [1.54, 1.807) is 13.0 Å². The van der Waals surface area contributed by atoms with Gasteiger partial charge in [-0.05, 0) is 6.92 Å². The first-order valence-electron chi connectivity index (χ1n) is 3.48. The lowest BCUT2D eigenvalue weighted by Gasteiger charge is -2.04. The number of nitrogens with zero attached hydrogens (tertiary/aromatic N) is 1. The molecular formula is C8H9NO3.